The van der Waals surface area contributed by atoms with Gasteiger partial charge in [-0.2, -0.15) is 5.10 Å². The van der Waals surface area contributed by atoms with Crippen molar-refractivity contribution >= 4 is 16.7 Å². The minimum absolute atomic E-state index is 0.0963. The summed E-state index contributed by atoms with van der Waals surface area (Å²) in [6.45, 7) is 0. The first kappa shape index (κ1) is 15.8. The lowest BCUT2D eigenvalue weighted by molar-refractivity contribution is 0.0235. The molecule has 128 valence electrons. The average molecular weight is 335 g/mol. The second-order valence-electron chi connectivity index (χ2n) is 6.85. The molecular weight excluding hydrogens is 314 g/mol. The maximum Gasteiger partial charge on any atom is 0.251 e. The van der Waals surface area contributed by atoms with E-state index in [9.17, 15) is 9.90 Å². The van der Waals surface area contributed by atoms with E-state index in [1.54, 1.807) is 10.9 Å². The predicted molar refractivity (Wildman–Crippen MR) is 96.1 cm³/mol. The molecule has 0 aliphatic heterocycles. The van der Waals surface area contributed by atoms with Gasteiger partial charge in [-0.3, -0.25) is 9.48 Å². The maximum absolute atomic E-state index is 12.8. The Balaban J connectivity index is 1.58. The fraction of sp³-hybridized carbons (Fsp3) is 0.300. The van der Waals surface area contributed by atoms with Crippen LogP contribution in [0.4, 0.5) is 0 Å². The summed E-state index contributed by atoms with van der Waals surface area (Å²) in [5, 5.41) is 19.2. The average Bonchev–Trinajstić information content (AvgIpc) is 3.03. The highest BCUT2D eigenvalue weighted by molar-refractivity contribution is 5.98. The fourth-order valence-corrected chi connectivity index (χ4v) is 3.53. The van der Waals surface area contributed by atoms with Crippen LogP contribution in [0.25, 0.3) is 10.8 Å². The molecule has 25 heavy (non-hydrogen) atoms. The molecule has 2 aromatic carbocycles. The Kier molecular flexibility index (Phi) is 4.01. The Morgan fingerprint density at radius 2 is 2.00 bits per heavy atom. The van der Waals surface area contributed by atoms with Crippen molar-refractivity contribution in [2.45, 2.75) is 25.0 Å². The number of carbonyl (C=O) groups is 1. The third-order valence-electron chi connectivity index (χ3n) is 5.00. The second-order valence-corrected chi connectivity index (χ2v) is 6.85. The number of benzene rings is 2. The Morgan fingerprint density at radius 1 is 1.24 bits per heavy atom. The summed E-state index contributed by atoms with van der Waals surface area (Å²) in [7, 11) is 1.86. The van der Waals surface area contributed by atoms with E-state index in [1.807, 2.05) is 55.7 Å². The summed E-state index contributed by atoms with van der Waals surface area (Å²) in [4.78, 5) is 12.8. The van der Waals surface area contributed by atoms with Gasteiger partial charge in [0, 0.05) is 24.4 Å². The summed E-state index contributed by atoms with van der Waals surface area (Å²) < 4.78 is 1.74. The SMILES string of the molecule is Cn1cc([C@H](NC(=O)c2ccc3ccccc3c2)C2CC(O)C2)cn1. The van der Waals surface area contributed by atoms with Crippen LogP contribution in [-0.4, -0.2) is 26.9 Å². The molecule has 0 bridgehead atoms. The topological polar surface area (TPSA) is 67.2 Å². The minimum Gasteiger partial charge on any atom is -0.393 e. The highest BCUT2D eigenvalue weighted by atomic mass is 16.3. The van der Waals surface area contributed by atoms with E-state index >= 15 is 0 Å². The summed E-state index contributed by atoms with van der Waals surface area (Å²) in [5.41, 5.74) is 1.63. The summed E-state index contributed by atoms with van der Waals surface area (Å²) in [6.07, 6.45) is 4.86. The first-order valence-electron chi connectivity index (χ1n) is 8.56. The number of aliphatic hydroxyl groups is 1. The molecular formula is C20H21N3O2. The highest BCUT2D eigenvalue weighted by Gasteiger charge is 2.36. The summed E-state index contributed by atoms with van der Waals surface area (Å²) in [5.74, 6) is 0.143. The van der Waals surface area contributed by atoms with Gasteiger partial charge in [-0.15, -0.1) is 0 Å². The third kappa shape index (κ3) is 3.15. The molecule has 4 rings (SSSR count). The van der Waals surface area contributed by atoms with Crippen molar-refractivity contribution in [2.24, 2.45) is 13.0 Å². The minimum atomic E-state index is -0.262. The molecule has 5 nitrogen and oxygen atoms in total. The van der Waals surface area contributed by atoms with E-state index in [4.69, 9.17) is 0 Å². The summed E-state index contributed by atoms with van der Waals surface area (Å²) in [6, 6.07) is 13.6. The van der Waals surface area contributed by atoms with Crippen LogP contribution < -0.4 is 5.32 Å². The number of fused-ring (bicyclic) bond motifs is 1. The van der Waals surface area contributed by atoms with Crippen molar-refractivity contribution in [3.8, 4) is 0 Å². The van der Waals surface area contributed by atoms with Crippen molar-refractivity contribution in [1.29, 1.82) is 0 Å². The van der Waals surface area contributed by atoms with Crippen LogP contribution in [0.1, 0.15) is 34.8 Å². The number of hydrogen-bond donors (Lipinski definition) is 2. The number of aryl methyl sites for hydroxylation is 1. The van der Waals surface area contributed by atoms with Crippen molar-refractivity contribution in [3.05, 3.63) is 66.0 Å². The number of aliphatic hydroxyl groups excluding tert-OH is 1. The van der Waals surface area contributed by atoms with Crippen molar-refractivity contribution in [2.75, 3.05) is 0 Å². The predicted octanol–water partition coefficient (Wildman–Crippen LogP) is 2.82. The standard InChI is InChI=1S/C20H21N3O2/c1-23-12-17(11-21-23)19(16-9-18(24)10-16)22-20(25)15-7-6-13-4-2-3-5-14(13)8-15/h2-8,11-12,16,18-19,24H,9-10H2,1H3,(H,22,25)/t16?,18?,19-/m1/s1. The van der Waals surface area contributed by atoms with Gasteiger partial charge in [-0.25, -0.2) is 0 Å². The Morgan fingerprint density at radius 3 is 2.68 bits per heavy atom. The zero-order valence-electron chi connectivity index (χ0n) is 14.1. The number of rotatable bonds is 4. The first-order chi connectivity index (χ1) is 12.1. The zero-order valence-corrected chi connectivity index (χ0v) is 14.1. The summed E-state index contributed by atoms with van der Waals surface area (Å²) >= 11 is 0. The van der Waals surface area contributed by atoms with Crippen molar-refractivity contribution in [3.63, 3.8) is 0 Å². The van der Waals surface area contributed by atoms with Crippen LogP contribution >= 0.6 is 0 Å². The molecule has 0 spiro atoms. The van der Waals surface area contributed by atoms with Gasteiger partial charge in [0.1, 0.15) is 0 Å². The number of nitrogens with one attached hydrogen (secondary N) is 1. The number of carbonyl (C=O) groups excluding carboxylic acids is 1. The monoisotopic (exact) mass is 335 g/mol. The molecule has 1 saturated carbocycles. The Bertz CT molecular complexity index is 912. The van der Waals surface area contributed by atoms with Crippen LogP contribution in [0.5, 0.6) is 0 Å². The van der Waals surface area contributed by atoms with E-state index in [1.165, 1.54) is 0 Å². The lowest BCUT2D eigenvalue weighted by Gasteiger charge is -2.37. The van der Waals surface area contributed by atoms with Crippen LogP contribution in [0.3, 0.4) is 0 Å². The smallest absolute Gasteiger partial charge is 0.251 e. The Labute approximate surface area is 146 Å². The van der Waals surface area contributed by atoms with Gasteiger partial charge in [-0.05, 0) is 41.7 Å². The van der Waals surface area contributed by atoms with Gasteiger partial charge in [0.2, 0.25) is 0 Å². The molecule has 0 unspecified atom stereocenters. The molecule has 1 aliphatic carbocycles. The lowest BCUT2D eigenvalue weighted by Crippen LogP contribution is -2.41. The van der Waals surface area contributed by atoms with Crippen molar-refractivity contribution in [1.82, 2.24) is 15.1 Å². The van der Waals surface area contributed by atoms with Crippen molar-refractivity contribution < 1.29 is 9.90 Å². The second kappa shape index (κ2) is 6.33. The van der Waals surface area contributed by atoms with Crippen LogP contribution in [0.2, 0.25) is 0 Å². The Hall–Kier alpha value is -2.66. The molecule has 1 heterocycles. The highest BCUT2D eigenvalue weighted by Crippen LogP contribution is 2.38. The molecule has 1 aliphatic rings. The maximum atomic E-state index is 12.8. The third-order valence-corrected chi connectivity index (χ3v) is 5.00. The molecule has 1 fully saturated rings. The number of aromatic nitrogens is 2. The van der Waals surface area contributed by atoms with Gasteiger partial charge >= 0.3 is 0 Å². The van der Waals surface area contributed by atoms with Crippen LogP contribution in [0.15, 0.2) is 54.9 Å². The van der Waals surface area contributed by atoms with E-state index < -0.39 is 0 Å². The molecule has 2 N–H and O–H groups in total. The number of nitrogens with zero attached hydrogens (tertiary/aromatic N) is 2. The van der Waals surface area contributed by atoms with Gasteiger partial charge in [0.05, 0.1) is 18.3 Å². The largest absolute Gasteiger partial charge is 0.393 e. The normalized spacial score (nSPS) is 20.9. The fourth-order valence-electron chi connectivity index (χ4n) is 3.53. The zero-order chi connectivity index (χ0) is 17.4. The first-order valence-corrected chi connectivity index (χ1v) is 8.56. The van der Waals surface area contributed by atoms with Gasteiger partial charge < -0.3 is 10.4 Å². The lowest BCUT2D eigenvalue weighted by atomic mass is 9.75. The molecule has 1 atom stereocenters. The molecule has 1 aromatic heterocycles. The molecule has 5 heteroatoms. The van der Waals surface area contributed by atoms with Gasteiger partial charge in [0.15, 0.2) is 0 Å². The van der Waals surface area contributed by atoms with E-state index in [0.717, 1.165) is 16.3 Å². The van der Waals surface area contributed by atoms with Crippen LogP contribution in [-0.2, 0) is 7.05 Å². The molecule has 3 aromatic rings. The molecule has 0 saturated heterocycles. The molecule has 0 radical (unpaired) electrons. The van der Waals surface area contributed by atoms with Crippen LogP contribution in [0, 0.1) is 5.92 Å². The van der Waals surface area contributed by atoms with Gasteiger partial charge in [0.25, 0.3) is 5.91 Å². The van der Waals surface area contributed by atoms with Gasteiger partial charge in [-0.1, -0.05) is 30.3 Å². The van der Waals surface area contributed by atoms with E-state index in [-0.39, 0.29) is 24.0 Å². The quantitative estimate of drug-likeness (QED) is 0.770. The molecule has 1 amide bonds. The number of amides is 1. The number of hydrogen-bond acceptors (Lipinski definition) is 3. The van der Waals surface area contributed by atoms with E-state index in [0.29, 0.717) is 18.4 Å². The van der Waals surface area contributed by atoms with E-state index in [2.05, 4.69) is 10.4 Å².